The Morgan fingerprint density at radius 1 is 0.971 bits per heavy atom. The zero-order valence-corrected chi connectivity index (χ0v) is 42.3. The van der Waals surface area contributed by atoms with E-state index in [4.69, 9.17) is 32.7 Å². The molecule has 1 saturated carbocycles. The Balaban J connectivity index is 0.974. The zero-order valence-electron chi connectivity index (χ0n) is 40.8. The minimum Gasteiger partial charge on any atom is -0.489 e. The molecule has 2 saturated heterocycles. The number of hydrogen-bond acceptors (Lipinski definition) is 11. The zero-order chi connectivity index (χ0) is 49.7. The molecule has 0 bridgehead atoms. The largest absolute Gasteiger partial charge is 0.489 e. The van der Waals surface area contributed by atoms with Crippen molar-refractivity contribution in [3.05, 3.63) is 87.5 Å². The number of nitrogens with one attached hydrogen (secondary N) is 3. The lowest BCUT2D eigenvalue weighted by Crippen LogP contribution is -2.74. The van der Waals surface area contributed by atoms with E-state index in [1.165, 1.54) is 4.90 Å². The van der Waals surface area contributed by atoms with E-state index in [2.05, 4.69) is 64.5 Å². The Kier molecular flexibility index (Phi) is 16.8. The van der Waals surface area contributed by atoms with Gasteiger partial charge in [-0.25, -0.2) is 4.98 Å². The number of pyridine rings is 1. The van der Waals surface area contributed by atoms with Crippen LogP contribution in [0.1, 0.15) is 96.6 Å². The SMILES string of the molecule is CC(C)C[C@H](OCCN1CCN(c2ccc(C(=O)N[C@H]3C(C)(C)[C@H](Oc4ccc(C#N)c(Cl)c4)C3(C)C)cn2)CC1)C(=O)N[C@H](C(=O)N1C[C@H](O)C[C@H]1C(=O)NCc1ccc(Cl)cc1)C(C)(C)C. The predicted molar refractivity (Wildman–Crippen MR) is 262 cm³/mol. The Morgan fingerprint density at radius 2 is 1.65 bits per heavy atom. The first kappa shape index (κ1) is 52.4. The van der Waals surface area contributed by atoms with Crippen molar-refractivity contribution >= 4 is 52.6 Å². The van der Waals surface area contributed by atoms with Gasteiger partial charge in [0.2, 0.25) is 17.7 Å². The maximum atomic E-state index is 14.2. The molecule has 3 heterocycles. The van der Waals surface area contributed by atoms with Crippen molar-refractivity contribution in [3.8, 4) is 11.8 Å². The van der Waals surface area contributed by atoms with E-state index in [9.17, 15) is 29.5 Å². The maximum absolute atomic E-state index is 14.2. The highest BCUT2D eigenvalue weighted by Gasteiger charge is 2.64. The maximum Gasteiger partial charge on any atom is 0.253 e. The van der Waals surface area contributed by atoms with E-state index in [1.807, 2.05) is 52.8 Å². The topological polar surface area (TPSA) is 189 Å². The molecule has 2 aromatic carbocycles. The number of aliphatic hydroxyl groups excluding tert-OH is 1. The van der Waals surface area contributed by atoms with Crippen LogP contribution in [0.25, 0.3) is 0 Å². The van der Waals surface area contributed by atoms with Crippen molar-refractivity contribution in [2.24, 2.45) is 22.2 Å². The van der Waals surface area contributed by atoms with E-state index in [0.29, 0.717) is 59.6 Å². The standard InChI is InChI=1S/C51H68Cl2N8O7/c1-31(2)24-40(45(65)57-42(49(3,4)5)46(66)61-30-36(62)25-39(61)44(64)56-28-32-10-14-35(52)15-11-32)67-23-22-59-18-20-60(21-19-59)41-17-13-34(29-55-41)43(63)58-47-50(6,7)48(51(47,8)9)68-37-16-12-33(27-54)38(53)26-37/h10-17,26,29,31,36,39-40,42,47-48,62H,18-25,28,30H2,1-9H3,(H,56,64)(H,57,65)(H,58,63)/t36-,39+,40+,42-,47-,48-/m1/s1. The molecule has 1 aliphatic carbocycles. The number of carbonyl (C=O) groups is 4. The van der Waals surface area contributed by atoms with Crippen LogP contribution in [0.5, 0.6) is 5.75 Å². The Morgan fingerprint density at radius 3 is 2.24 bits per heavy atom. The van der Waals surface area contributed by atoms with Crippen LogP contribution in [0.3, 0.4) is 0 Å². The molecule has 17 heteroatoms. The number of benzene rings is 2. The molecule has 0 radical (unpaired) electrons. The molecule has 2 aliphatic heterocycles. The molecule has 4 atom stereocenters. The molecule has 3 aliphatic rings. The normalized spacial score (nSPS) is 22.1. The van der Waals surface area contributed by atoms with Gasteiger partial charge in [-0.2, -0.15) is 5.26 Å². The molecular weight excluding hydrogens is 908 g/mol. The van der Waals surface area contributed by atoms with Crippen molar-refractivity contribution in [1.29, 1.82) is 5.26 Å². The van der Waals surface area contributed by atoms with Crippen LogP contribution in [-0.2, 0) is 25.7 Å². The summed E-state index contributed by atoms with van der Waals surface area (Å²) >= 11 is 12.3. The number of carbonyl (C=O) groups excluding carboxylic acids is 4. The summed E-state index contributed by atoms with van der Waals surface area (Å²) in [5.74, 6) is 0.0640. The van der Waals surface area contributed by atoms with E-state index in [-0.39, 0.29) is 49.4 Å². The highest BCUT2D eigenvalue weighted by atomic mass is 35.5. The molecule has 15 nitrogen and oxygen atoms in total. The third-order valence-corrected chi connectivity index (χ3v) is 14.0. The first-order chi connectivity index (χ1) is 32.0. The Hall–Kier alpha value is -4.98. The van der Waals surface area contributed by atoms with Crippen molar-refractivity contribution in [2.75, 3.05) is 50.8 Å². The number of hydrogen-bond donors (Lipinski definition) is 4. The molecule has 4 N–H and O–H groups in total. The summed E-state index contributed by atoms with van der Waals surface area (Å²) in [6.07, 6.45) is 0.247. The lowest BCUT2D eigenvalue weighted by molar-refractivity contribution is -0.164. The molecule has 1 aromatic heterocycles. The third-order valence-electron chi connectivity index (χ3n) is 13.5. The summed E-state index contributed by atoms with van der Waals surface area (Å²) in [5, 5.41) is 29.9. The number of likely N-dealkylation sites (tertiary alicyclic amines) is 1. The van der Waals surface area contributed by atoms with Gasteiger partial charge in [0, 0.05) is 86.4 Å². The summed E-state index contributed by atoms with van der Waals surface area (Å²) in [5.41, 5.74) is 0.166. The number of nitrogens with zero attached hydrogens (tertiary/aromatic N) is 5. The monoisotopic (exact) mass is 974 g/mol. The number of ether oxygens (including phenoxy) is 2. The minimum absolute atomic E-state index is 0.0199. The van der Waals surface area contributed by atoms with Gasteiger partial charge in [-0.15, -0.1) is 0 Å². The quantitative estimate of drug-likeness (QED) is 0.120. The van der Waals surface area contributed by atoms with Gasteiger partial charge in [-0.1, -0.05) is 97.6 Å². The lowest BCUT2D eigenvalue weighted by Gasteiger charge is -2.63. The molecule has 3 aromatic rings. The fourth-order valence-electron chi connectivity index (χ4n) is 9.99. The number of aliphatic hydroxyl groups is 1. The van der Waals surface area contributed by atoms with Crippen LogP contribution in [0.2, 0.25) is 10.0 Å². The van der Waals surface area contributed by atoms with Gasteiger partial charge >= 0.3 is 0 Å². The fraction of sp³-hybridized carbons (Fsp3) is 0.569. The molecule has 0 spiro atoms. The van der Waals surface area contributed by atoms with Crippen LogP contribution >= 0.6 is 23.2 Å². The van der Waals surface area contributed by atoms with E-state index in [0.717, 1.165) is 24.5 Å². The average molecular weight is 976 g/mol. The first-order valence-electron chi connectivity index (χ1n) is 23.5. The number of piperazine rings is 1. The summed E-state index contributed by atoms with van der Waals surface area (Å²) in [6, 6.07) is 15.8. The van der Waals surface area contributed by atoms with Gasteiger partial charge < -0.3 is 40.3 Å². The van der Waals surface area contributed by atoms with Crippen molar-refractivity contribution in [3.63, 3.8) is 0 Å². The number of amides is 4. The van der Waals surface area contributed by atoms with Gasteiger partial charge in [-0.05, 0) is 59.7 Å². The summed E-state index contributed by atoms with van der Waals surface area (Å²) in [7, 11) is 0. The second kappa shape index (κ2) is 21.8. The predicted octanol–water partition coefficient (Wildman–Crippen LogP) is 6.23. The Labute approximate surface area is 411 Å². The Bertz CT molecular complexity index is 2290. The molecule has 4 amide bonds. The van der Waals surface area contributed by atoms with Crippen LogP contribution in [0.15, 0.2) is 60.8 Å². The number of anilines is 1. The minimum atomic E-state index is -0.979. The van der Waals surface area contributed by atoms with Gasteiger partial charge in [0.05, 0.1) is 28.9 Å². The third kappa shape index (κ3) is 12.4. The van der Waals surface area contributed by atoms with Crippen molar-refractivity contribution in [1.82, 2.24) is 30.7 Å². The van der Waals surface area contributed by atoms with Gasteiger partial charge in [0.1, 0.15) is 41.9 Å². The van der Waals surface area contributed by atoms with Crippen LogP contribution in [0.4, 0.5) is 5.82 Å². The smallest absolute Gasteiger partial charge is 0.253 e. The molecule has 0 unspecified atom stereocenters. The lowest BCUT2D eigenvalue weighted by atomic mass is 9.49. The number of halogens is 2. The number of rotatable bonds is 17. The van der Waals surface area contributed by atoms with Gasteiger partial charge in [0.15, 0.2) is 0 Å². The van der Waals surface area contributed by atoms with Gasteiger partial charge in [-0.3, -0.25) is 24.1 Å². The highest BCUT2D eigenvalue weighted by Crippen LogP contribution is 2.55. The summed E-state index contributed by atoms with van der Waals surface area (Å²) in [4.78, 5) is 65.7. The van der Waals surface area contributed by atoms with E-state index < -0.39 is 52.4 Å². The average Bonchev–Trinajstić information content (AvgIpc) is 3.69. The van der Waals surface area contributed by atoms with E-state index >= 15 is 0 Å². The second-order valence-electron chi connectivity index (χ2n) is 21.1. The van der Waals surface area contributed by atoms with Gasteiger partial charge in [0.25, 0.3) is 5.91 Å². The van der Waals surface area contributed by atoms with Crippen LogP contribution in [0, 0.1) is 33.5 Å². The molecule has 6 rings (SSSR count). The van der Waals surface area contributed by atoms with Crippen molar-refractivity contribution in [2.45, 2.75) is 118 Å². The highest BCUT2D eigenvalue weighted by molar-refractivity contribution is 6.31. The molecule has 3 fully saturated rings. The van der Waals surface area contributed by atoms with Crippen LogP contribution in [-0.4, -0.2) is 126 Å². The number of nitriles is 1. The molecular formula is C51H68Cl2N8O7. The van der Waals surface area contributed by atoms with E-state index in [1.54, 1.807) is 42.6 Å². The molecule has 368 valence electrons. The van der Waals surface area contributed by atoms with Crippen molar-refractivity contribution < 1.29 is 33.8 Å². The van der Waals surface area contributed by atoms with Crippen LogP contribution < -0.4 is 25.6 Å². The number of β-amino-alcohol motifs (C(OH)–C–C–N with tert-alkyl or cyclic N) is 1. The summed E-state index contributed by atoms with van der Waals surface area (Å²) in [6.45, 7) is 21.9. The second-order valence-corrected chi connectivity index (χ2v) is 21.9. The molecule has 68 heavy (non-hydrogen) atoms. The fourth-order valence-corrected chi connectivity index (χ4v) is 10.3. The summed E-state index contributed by atoms with van der Waals surface area (Å²) < 4.78 is 12.7. The first-order valence-corrected chi connectivity index (χ1v) is 24.3. The number of aromatic nitrogens is 1.